The van der Waals surface area contributed by atoms with E-state index < -0.39 is 10.0 Å². The summed E-state index contributed by atoms with van der Waals surface area (Å²) in [5, 5.41) is 3.37. The topological polar surface area (TPSA) is 67.4 Å². The Morgan fingerprint density at radius 2 is 2.17 bits per heavy atom. The Morgan fingerprint density at radius 3 is 2.83 bits per heavy atom. The van der Waals surface area contributed by atoms with Gasteiger partial charge in [0.2, 0.25) is 10.0 Å². The maximum atomic E-state index is 11.7. The number of sulfonamides is 1. The lowest BCUT2D eigenvalue weighted by molar-refractivity contribution is 0.193. The van der Waals surface area contributed by atoms with Crippen LogP contribution in [-0.2, 0) is 14.8 Å². The highest BCUT2D eigenvalue weighted by atomic mass is 32.2. The van der Waals surface area contributed by atoms with Crippen LogP contribution >= 0.6 is 0 Å². The van der Waals surface area contributed by atoms with Gasteiger partial charge in [-0.05, 0) is 38.6 Å². The van der Waals surface area contributed by atoms with Gasteiger partial charge in [0, 0.05) is 26.3 Å². The number of nitrogens with one attached hydrogen (secondary N) is 2. The van der Waals surface area contributed by atoms with E-state index in [2.05, 4.69) is 10.0 Å². The van der Waals surface area contributed by atoms with Crippen LogP contribution in [0.25, 0.3) is 0 Å². The summed E-state index contributed by atoms with van der Waals surface area (Å²) in [6, 6.07) is 0.379. The molecular weight excluding hydrogens is 252 g/mol. The molecule has 0 aliphatic carbocycles. The van der Waals surface area contributed by atoms with E-state index in [1.54, 1.807) is 7.11 Å². The van der Waals surface area contributed by atoms with Crippen molar-refractivity contribution in [2.24, 2.45) is 0 Å². The quantitative estimate of drug-likeness (QED) is 0.614. The van der Waals surface area contributed by atoms with Gasteiger partial charge in [0.15, 0.2) is 0 Å². The molecule has 108 valence electrons. The van der Waals surface area contributed by atoms with Crippen molar-refractivity contribution in [3.05, 3.63) is 0 Å². The van der Waals surface area contributed by atoms with E-state index in [0.717, 1.165) is 25.8 Å². The lowest BCUT2D eigenvalue weighted by Crippen LogP contribution is -2.37. The van der Waals surface area contributed by atoms with Crippen molar-refractivity contribution in [1.82, 2.24) is 10.0 Å². The molecule has 1 heterocycles. The standard InChI is InChI=1S/C12H26N2O3S/c1-17-10-5-4-9-14-18(15,16)11-7-12-6-2-3-8-13-12/h12-14H,2-11H2,1H3. The number of piperidine rings is 1. The van der Waals surface area contributed by atoms with Gasteiger partial charge in [0.1, 0.15) is 0 Å². The first-order valence-corrected chi connectivity index (χ1v) is 8.49. The van der Waals surface area contributed by atoms with Crippen molar-refractivity contribution in [3.8, 4) is 0 Å². The van der Waals surface area contributed by atoms with E-state index >= 15 is 0 Å². The summed E-state index contributed by atoms with van der Waals surface area (Å²) < 4.78 is 31.0. The molecule has 0 aromatic heterocycles. The summed E-state index contributed by atoms with van der Waals surface area (Å²) in [5.41, 5.74) is 0. The molecule has 0 aromatic rings. The van der Waals surface area contributed by atoms with E-state index in [1.165, 1.54) is 12.8 Å². The van der Waals surface area contributed by atoms with Gasteiger partial charge in [-0.25, -0.2) is 13.1 Å². The molecule has 0 radical (unpaired) electrons. The average Bonchev–Trinajstić information content (AvgIpc) is 2.38. The van der Waals surface area contributed by atoms with E-state index in [1.807, 2.05) is 0 Å². The fourth-order valence-corrected chi connectivity index (χ4v) is 3.33. The molecule has 1 aliphatic rings. The average molecular weight is 278 g/mol. The molecule has 1 aliphatic heterocycles. The summed E-state index contributed by atoms with van der Waals surface area (Å²) >= 11 is 0. The van der Waals surface area contributed by atoms with Gasteiger partial charge in [-0.15, -0.1) is 0 Å². The monoisotopic (exact) mass is 278 g/mol. The van der Waals surface area contributed by atoms with Gasteiger partial charge in [-0.3, -0.25) is 0 Å². The number of rotatable bonds is 9. The van der Waals surface area contributed by atoms with Crippen LogP contribution in [0, 0.1) is 0 Å². The van der Waals surface area contributed by atoms with Gasteiger partial charge < -0.3 is 10.1 Å². The minimum atomic E-state index is -3.10. The second kappa shape index (κ2) is 8.85. The Kier molecular flexibility index (Phi) is 7.81. The molecule has 1 unspecified atom stereocenters. The van der Waals surface area contributed by atoms with Gasteiger partial charge in [0.05, 0.1) is 5.75 Å². The SMILES string of the molecule is COCCCCNS(=O)(=O)CCC1CCCCN1. The second-order valence-electron chi connectivity index (χ2n) is 4.85. The van der Waals surface area contributed by atoms with Crippen molar-refractivity contribution >= 4 is 10.0 Å². The fraction of sp³-hybridized carbons (Fsp3) is 1.00. The first kappa shape index (κ1) is 15.9. The highest BCUT2D eigenvalue weighted by Gasteiger charge is 2.16. The van der Waals surface area contributed by atoms with Gasteiger partial charge in [-0.1, -0.05) is 6.42 Å². The predicted molar refractivity (Wildman–Crippen MR) is 73.2 cm³/mol. The van der Waals surface area contributed by atoms with E-state index in [4.69, 9.17) is 4.74 Å². The molecule has 0 spiro atoms. The van der Waals surface area contributed by atoms with E-state index in [-0.39, 0.29) is 5.75 Å². The smallest absolute Gasteiger partial charge is 0.211 e. The molecular formula is C12H26N2O3S. The number of hydrogen-bond donors (Lipinski definition) is 2. The van der Waals surface area contributed by atoms with Gasteiger partial charge >= 0.3 is 0 Å². The number of hydrogen-bond acceptors (Lipinski definition) is 4. The lowest BCUT2D eigenvalue weighted by atomic mass is 10.0. The van der Waals surface area contributed by atoms with Gasteiger partial charge in [0.25, 0.3) is 0 Å². The van der Waals surface area contributed by atoms with Crippen LogP contribution in [-0.4, -0.2) is 47.0 Å². The van der Waals surface area contributed by atoms with Crippen molar-refractivity contribution in [2.45, 2.75) is 44.6 Å². The Balaban J connectivity index is 2.10. The Bertz CT molecular complexity index is 300. The summed E-state index contributed by atoms with van der Waals surface area (Å²) in [4.78, 5) is 0. The fourth-order valence-electron chi connectivity index (χ4n) is 2.14. The molecule has 1 fully saturated rings. The van der Waals surface area contributed by atoms with Crippen LogP contribution < -0.4 is 10.0 Å². The van der Waals surface area contributed by atoms with Crippen molar-refractivity contribution in [3.63, 3.8) is 0 Å². The Labute approximate surface area is 111 Å². The molecule has 6 heteroatoms. The highest BCUT2D eigenvalue weighted by Crippen LogP contribution is 2.10. The van der Waals surface area contributed by atoms with Crippen LogP contribution in [0.1, 0.15) is 38.5 Å². The van der Waals surface area contributed by atoms with Gasteiger partial charge in [-0.2, -0.15) is 0 Å². The van der Waals surface area contributed by atoms with Crippen molar-refractivity contribution in [2.75, 3.05) is 32.6 Å². The summed E-state index contributed by atoms with van der Waals surface area (Å²) in [6.45, 7) is 2.23. The number of ether oxygens (including phenoxy) is 1. The molecule has 0 saturated carbocycles. The van der Waals surface area contributed by atoms with Crippen LogP contribution in [0.2, 0.25) is 0 Å². The lowest BCUT2D eigenvalue weighted by Gasteiger charge is -2.23. The molecule has 2 N–H and O–H groups in total. The van der Waals surface area contributed by atoms with E-state index in [9.17, 15) is 8.42 Å². The summed E-state index contributed by atoms with van der Waals surface area (Å²) in [5.74, 6) is 0.231. The predicted octanol–water partition coefficient (Wildman–Crippen LogP) is 0.865. The molecule has 0 aromatic carbocycles. The first-order valence-electron chi connectivity index (χ1n) is 6.84. The van der Waals surface area contributed by atoms with Crippen LogP contribution in [0.15, 0.2) is 0 Å². The van der Waals surface area contributed by atoms with Crippen molar-refractivity contribution in [1.29, 1.82) is 0 Å². The largest absolute Gasteiger partial charge is 0.385 e. The Morgan fingerprint density at radius 1 is 1.33 bits per heavy atom. The molecule has 1 saturated heterocycles. The molecule has 1 atom stereocenters. The summed E-state index contributed by atoms with van der Waals surface area (Å²) in [7, 11) is -1.44. The maximum absolute atomic E-state index is 11.7. The maximum Gasteiger partial charge on any atom is 0.211 e. The van der Waals surface area contributed by atoms with Crippen LogP contribution in [0.5, 0.6) is 0 Å². The third kappa shape index (κ3) is 7.31. The van der Waals surface area contributed by atoms with Crippen molar-refractivity contribution < 1.29 is 13.2 Å². The number of unbranched alkanes of at least 4 members (excludes halogenated alkanes) is 1. The zero-order valence-electron chi connectivity index (χ0n) is 11.3. The highest BCUT2D eigenvalue weighted by molar-refractivity contribution is 7.89. The third-order valence-electron chi connectivity index (χ3n) is 3.24. The molecule has 5 nitrogen and oxygen atoms in total. The first-order chi connectivity index (χ1) is 8.64. The minimum Gasteiger partial charge on any atom is -0.385 e. The third-order valence-corrected chi connectivity index (χ3v) is 4.66. The zero-order valence-corrected chi connectivity index (χ0v) is 12.1. The van der Waals surface area contributed by atoms with Crippen LogP contribution in [0.4, 0.5) is 0 Å². The second-order valence-corrected chi connectivity index (χ2v) is 6.78. The summed E-state index contributed by atoms with van der Waals surface area (Å²) in [6.07, 6.45) is 5.96. The van der Waals surface area contributed by atoms with E-state index in [0.29, 0.717) is 25.6 Å². The van der Waals surface area contributed by atoms with Crippen LogP contribution in [0.3, 0.4) is 0 Å². The molecule has 1 rings (SSSR count). The molecule has 0 bridgehead atoms. The zero-order chi connectivity index (χ0) is 13.3. The Hall–Kier alpha value is -0.170. The number of methoxy groups -OCH3 is 1. The molecule has 18 heavy (non-hydrogen) atoms. The minimum absolute atomic E-state index is 0.231. The molecule has 0 amide bonds. The normalized spacial score (nSPS) is 21.1.